The molecule has 0 aliphatic carbocycles. The van der Waals surface area contributed by atoms with Crippen molar-refractivity contribution in [2.75, 3.05) is 18.5 Å². The van der Waals surface area contributed by atoms with Gasteiger partial charge in [0.05, 0.1) is 11.8 Å². The lowest BCUT2D eigenvalue weighted by molar-refractivity contribution is 0.114. The van der Waals surface area contributed by atoms with Crippen molar-refractivity contribution in [2.45, 2.75) is 18.9 Å². The number of halogens is 1. The first-order chi connectivity index (χ1) is 8.25. The molecule has 0 amide bonds. The second kappa shape index (κ2) is 5.93. The quantitative estimate of drug-likeness (QED) is 0.811. The van der Waals surface area contributed by atoms with Gasteiger partial charge in [0.1, 0.15) is 5.82 Å². The molecule has 0 radical (unpaired) electrons. The number of para-hydroxylation sites is 1. The zero-order valence-electron chi connectivity index (χ0n) is 9.41. The van der Waals surface area contributed by atoms with Crippen molar-refractivity contribution in [2.24, 2.45) is 0 Å². The van der Waals surface area contributed by atoms with E-state index in [0.29, 0.717) is 17.3 Å². The molecule has 2 rings (SSSR count). The van der Waals surface area contributed by atoms with Crippen LogP contribution < -0.4 is 10.6 Å². The Balaban J connectivity index is 1.79. The van der Waals surface area contributed by atoms with Crippen LogP contribution in [0.1, 0.15) is 12.8 Å². The van der Waals surface area contributed by atoms with E-state index in [-0.39, 0.29) is 11.9 Å². The molecule has 1 aliphatic heterocycles. The lowest BCUT2D eigenvalue weighted by Crippen LogP contribution is -2.35. The van der Waals surface area contributed by atoms with E-state index < -0.39 is 0 Å². The third-order valence-corrected chi connectivity index (χ3v) is 2.88. The SMILES string of the molecule is Fc1ccccc1NC(=S)NC[C@H]1CCCO1. The molecule has 1 atom stereocenters. The monoisotopic (exact) mass is 254 g/mol. The zero-order chi connectivity index (χ0) is 12.1. The largest absolute Gasteiger partial charge is 0.376 e. The first kappa shape index (κ1) is 12.3. The van der Waals surface area contributed by atoms with Crippen LogP contribution in [-0.2, 0) is 4.74 Å². The van der Waals surface area contributed by atoms with Crippen molar-refractivity contribution in [3.05, 3.63) is 30.1 Å². The van der Waals surface area contributed by atoms with Gasteiger partial charge in [-0.05, 0) is 37.2 Å². The van der Waals surface area contributed by atoms with Crippen LogP contribution in [0.15, 0.2) is 24.3 Å². The number of rotatable bonds is 3. The Morgan fingerprint density at radius 3 is 3.00 bits per heavy atom. The van der Waals surface area contributed by atoms with Crippen LogP contribution in [0.2, 0.25) is 0 Å². The Bertz CT molecular complexity index is 394. The number of nitrogens with one attached hydrogen (secondary N) is 2. The Labute approximate surface area is 105 Å². The minimum atomic E-state index is -0.311. The number of thiocarbonyl (C=S) groups is 1. The molecule has 1 aromatic rings. The van der Waals surface area contributed by atoms with Crippen LogP contribution in [0, 0.1) is 5.82 Å². The van der Waals surface area contributed by atoms with Gasteiger partial charge >= 0.3 is 0 Å². The van der Waals surface area contributed by atoms with Gasteiger partial charge in [0.2, 0.25) is 0 Å². The molecule has 1 fully saturated rings. The molecular weight excluding hydrogens is 239 g/mol. The highest BCUT2D eigenvalue weighted by Crippen LogP contribution is 2.13. The van der Waals surface area contributed by atoms with Crippen molar-refractivity contribution in [3.63, 3.8) is 0 Å². The number of anilines is 1. The van der Waals surface area contributed by atoms with E-state index in [0.717, 1.165) is 19.4 Å². The van der Waals surface area contributed by atoms with Crippen molar-refractivity contribution < 1.29 is 9.13 Å². The molecule has 0 spiro atoms. The average molecular weight is 254 g/mol. The second-order valence-electron chi connectivity index (χ2n) is 3.95. The summed E-state index contributed by atoms with van der Waals surface area (Å²) in [7, 11) is 0. The van der Waals surface area contributed by atoms with Crippen molar-refractivity contribution >= 4 is 23.0 Å². The van der Waals surface area contributed by atoms with Gasteiger partial charge in [0.15, 0.2) is 5.11 Å². The van der Waals surface area contributed by atoms with Gasteiger partial charge in [0, 0.05) is 13.2 Å². The maximum Gasteiger partial charge on any atom is 0.170 e. The summed E-state index contributed by atoms with van der Waals surface area (Å²) in [5.74, 6) is -0.311. The van der Waals surface area contributed by atoms with Crippen molar-refractivity contribution in [1.82, 2.24) is 5.32 Å². The molecule has 1 aliphatic rings. The standard InChI is InChI=1S/C12H15FN2OS/c13-10-5-1-2-6-11(10)15-12(17)14-8-9-4-3-7-16-9/h1-2,5-6,9H,3-4,7-8H2,(H2,14,15,17)/t9-/m1/s1. The van der Waals surface area contributed by atoms with Gasteiger partial charge in [-0.25, -0.2) is 4.39 Å². The van der Waals surface area contributed by atoms with E-state index in [4.69, 9.17) is 17.0 Å². The Hall–Kier alpha value is -1.20. The van der Waals surface area contributed by atoms with Crippen molar-refractivity contribution in [1.29, 1.82) is 0 Å². The molecule has 17 heavy (non-hydrogen) atoms. The summed E-state index contributed by atoms with van der Waals surface area (Å²) in [6.07, 6.45) is 2.37. The van der Waals surface area contributed by atoms with Gasteiger partial charge < -0.3 is 15.4 Å². The first-order valence-electron chi connectivity index (χ1n) is 5.66. The summed E-state index contributed by atoms with van der Waals surface area (Å²) in [6.45, 7) is 1.49. The Morgan fingerprint density at radius 1 is 1.47 bits per heavy atom. The summed E-state index contributed by atoms with van der Waals surface area (Å²) in [5, 5.41) is 6.27. The van der Waals surface area contributed by atoms with E-state index in [1.54, 1.807) is 18.2 Å². The predicted octanol–water partition coefficient (Wildman–Crippen LogP) is 2.29. The molecule has 1 saturated heterocycles. The number of hydrogen-bond donors (Lipinski definition) is 2. The summed E-state index contributed by atoms with van der Waals surface area (Å²) in [4.78, 5) is 0. The fourth-order valence-corrected chi connectivity index (χ4v) is 1.93. The first-order valence-corrected chi connectivity index (χ1v) is 6.07. The van der Waals surface area contributed by atoms with E-state index in [1.165, 1.54) is 6.07 Å². The molecule has 5 heteroatoms. The zero-order valence-corrected chi connectivity index (χ0v) is 10.2. The lowest BCUT2D eigenvalue weighted by atomic mass is 10.2. The van der Waals surface area contributed by atoms with Gasteiger partial charge in [-0.15, -0.1) is 0 Å². The fourth-order valence-electron chi connectivity index (χ4n) is 1.74. The van der Waals surface area contributed by atoms with E-state index >= 15 is 0 Å². The molecule has 0 unspecified atom stereocenters. The molecular formula is C12H15FN2OS. The third-order valence-electron chi connectivity index (χ3n) is 2.64. The van der Waals surface area contributed by atoms with E-state index in [1.807, 2.05) is 0 Å². The second-order valence-corrected chi connectivity index (χ2v) is 4.36. The fraction of sp³-hybridized carbons (Fsp3) is 0.417. The lowest BCUT2D eigenvalue weighted by Gasteiger charge is -2.14. The average Bonchev–Trinajstić information content (AvgIpc) is 2.82. The maximum atomic E-state index is 13.3. The van der Waals surface area contributed by atoms with Gasteiger partial charge in [-0.3, -0.25) is 0 Å². The third kappa shape index (κ3) is 3.64. The number of hydrogen-bond acceptors (Lipinski definition) is 2. The molecule has 1 aromatic carbocycles. The highest BCUT2D eigenvalue weighted by molar-refractivity contribution is 7.80. The van der Waals surface area contributed by atoms with Gasteiger partial charge in [-0.2, -0.15) is 0 Å². The minimum Gasteiger partial charge on any atom is -0.376 e. The van der Waals surface area contributed by atoms with E-state index in [2.05, 4.69) is 10.6 Å². The molecule has 92 valence electrons. The van der Waals surface area contributed by atoms with Crippen LogP contribution in [0.3, 0.4) is 0 Å². The minimum absolute atomic E-state index is 0.218. The van der Waals surface area contributed by atoms with Crippen LogP contribution in [0.5, 0.6) is 0 Å². The summed E-state index contributed by atoms with van der Waals surface area (Å²) in [6, 6.07) is 6.44. The van der Waals surface area contributed by atoms with Crippen molar-refractivity contribution in [3.8, 4) is 0 Å². The maximum absolute atomic E-state index is 13.3. The molecule has 3 nitrogen and oxygen atoms in total. The van der Waals surface area contributed by atoms with Gasteiger partial charge in [-0.1, -0.05) is 12.1 Å². The summed E-state index contributed by atoms with van der Waals surface area (Å²) >= 11 is 5.09. The van der Waals surface area contributed by atoms with Crippen LogP contribution in [0.4, 0.5) is 10.1 Å². The number of benzene rings is 1. The molecule has 2 N–H and O–H groups in total. The highest BCUT2D eigenvalue weighted by atomic mass is 32.1. The summed E-state index contributed by atoms with van der Waals surface area (Å²) in [5.41, 5.74) is 0.386. The van der Waals surface area contributed by atoms with Crippen LogP contribution in [0.25, 0.3) is 0 Å². The molecule has 0 bridgehead atoms. The Kier molecular flexibility index (Phi) is 4.28. The molecule has 1 heterocycles. The summed E-state index contributed by atoms with van der Waals surface area (Å²) < 4.78 is 18.8. The van der Waals surface area contributed by atoms with Crippen LogP contribution >= 0.6 is 12.2 Å². The van der Waals surface area contributed by atoms with E-state index in [9.17, 15) is 4.39 Å². The predicted molar refractivity (Wildman–Crippen MR) is 69.6 cm³/mol. The van der Waals surface area contributed by atoms with Crippen LogP contribution in [-0.4, -0.2) is 24.4 Å². The Morgan fingerprint density at radius 2 is 2.29 bits per heavy atom. The smallest absolute Gasteiger partial charge is 0.170 e. The van der Waals surface area contributed by atoms with Gasteiger partial charge in [0.25, 0.3) is 0 Å². The normalized spacial score (nSPS) is 19.0. The molecule has 0 saturated carbocycles. The number of ether oxygens (including phenoxy) is 1. The molecule has 0 aromatic heterocycles. The topological polar surface area (TPSA) is 33.3 Å². The highest BCUT2D eigenvalue weighted by Gasteiger charge is 2.15.